The summed E-state index contributed by atoms with van der Waals surface area (Å²) in [6, 6.07) is 1.76. The van der Waals surface area contributed by atoms with Crippen LogP contribution in [-0.4, -0.2) is 24.7 Å². The molecule has 4 nitrogen and oxygen atoms in total. The molecule has 0 aliphatic heterocycles. The number of halogens is 3. The van der Waals surface area contributed by atoms with Crippen molar-refractivity contribution in [2.45, 2.75) is 19.0 Å². The fourth-order valence-corrected chi connectivity index (χ4v) is 1.59. The SMILES string of the molecule is Nc1cc(C(F)(F)F)cc(NCCOCC2CC2)n1. The summed E-state index contributed by atoms with van der Waals surface area (Å²) in [7, 11) is 0. The summed E-state index contributed by atoms with van der Waals surface area (Å²) in [6.45, 7) is 1.56. The van der Waals surface area contributed by atoms with Crippen molar-refractivity contribution in [1.82, 2.24) is 4.98 Å². The molecule has 1 saturated carbocycles. The van der Waals surface area contributed by atoms with Crippen LogP contribution in [0.15, 0.2) is 12.1 Å². The Morgan fingerprint density at radius 2 is 2.11 bits per heavy atom. The van der Waals surface area contributed by atoms with Crippen LogP contribution in [0, 0.1) is 5.92 Å². The topological polar surface area (TPSA) is 60.2 Å². The molecule has 1 aliphatic carbocycles. The van der Waals surface area contributed by atoms with E-state index in [1.807, 2.05) is 0 Å². The lowest BCUT2D eigenvalue weighted by Gasteiger charge is -2.11. The summed E-state index contributed by atoms with van der Waals surface area (Å²) < 4.78 is 43.0. The van der Waals surface area contributed by atoms with Crippen LogP contribution in [0.2, 0.25) is 0 Å². The second-order valence-corrected chi connectivity index (χ2v) is 4.61. The highest BCUT2D eigenvalue weighted by atomic mass is 19.4. The number of anilines is 2. The normalized spacial score (nSPS) is 15.5. The van der Waals surface area contributed by atoms with Crippen LogP contribution < -0.4 is 11.1 Å². The molecule has 7 heteroatoms. The van der Waals surface area contributed by atoms with Crippen LogP contribution in [0.5, 0.6) is 0 Å². The van der Waals surface area contributed by atoms with E-state index in [1.165, 1.54) is 12.8 Å². The first-order valence-electron chi connectivity index (χ1n) is 6.11. The molecule has 1 aromatic heterocycles. The largest absolute Gasteiger partial charge is 0.416 e. The molecule has 106 valence electrons. The maximum atomic E-state index is 12.6. The first-order chi connectivity index (χ1) is 8.95. The molecular formula is C12H16F3N3O. The van der Waals surface area contributed by atoms with Gasteiger partial charge in [-0.2, -0.15) is 13.2 Å². The van der Waals surface area contributed by atoms with E-state index < -0.39 is 11.7 Å². The smallest absolute Gasteiger partial charge is 0.384 e. The second kappa shape index (κ2) is 5.64. The molecule has 0 radical (unpaired) electrons. The monoisotopic (exact) mass is 275 g/mol. The van der Waals surface area contributed by atoms with Gasteiger partial charge in [-0.05, 0) is 30.9 Å². The molecule has 19 heavy (non-hydrogen) atoms. The zero-order valence-corrected chi connectivity index (χ0v) is 10.3. The highest BCUT2D eigenvalue weighted by Crippen LogP contribution is 2.31. The number of hydrogen-bond acceptors (Lipinski definition) is 4. The lowest BCUT2D eigenvalue weighted by molar-refractivity contribution is -0.137. The molecule has 0 aromatic carbocycles. The number of hydrogen-bond donors (Lipinski definition) is 2. The number of aromatic nitrogens is 1. The van der Waals surface area contributed by atoms with Gasteiger partial charge in [-0.25, -0.2) is 4.98 Å². The van der Waals surface area contributed by atoms with Gasteiger partial charge in [-0.15, -0.1) is 0 Å². The van der Waals surface area contributed by atoms with Gasteiger partial charge in [-0.1, -0.05) is 0 Å². The number of nitrogen functional groups attached to an aromatic ring is 1. The van der Waals surface area contributed by atoms with Crippen molar-refractivity contribution in [3.05, 3.63) is 17.7 Å². The van der Waals surface area contributed by atoms with Crippen molar-refractivity contribution >= 4 is 11.6 Å². The van der Waals surface area contributed by atoms with E-state index in [0.29, 0.717) is 19.1 Å². The van der Waals surface area contributed by atoms with Crippen LogP contribution in [0.3, 0.4) is 0 Å². The summed E-state index contributed by atoms with van der Waals surface area (Å²) in [6.07, 6.45) is -2.01. The lowest BCUT2D eigenvalue weighted by Crippen LogP contribution is -2.14. The molecule has 0 bridgehead atoms. The predicted octanol–water partition coefficient (Wildman–Crippen LogP) is 2.52. The van der Waals surface area contributed by atoms with Gasteiger partial charge < -0.3 is 15.8 Å². The Morgan fingerprint density at radius 1 is 1.37 bits per heavy atom. The maximum Gasteiger partial charge on any atom is 0.416 e. The molecule has 0 spiro atoms. The minimum Gasteiger partial charge on any atom is -0.384 e. The Hall–Kier alpha value is -1.50. The number of ether oxygens (including phenoxy) is 1. The van der Waals surface area contributed by atoms with E-state index in [-0.39, 0.29) is 11.6 Å². The van der Waals surface area contributed by atoms with Crippen molar-refractivity contribution in [1.29, 1.82) is 0 Å². The Morgan fingerprint density at radius 3 is 2.74 bits per heavy atom. The lowest BCUT2D eigenvalue weighted by atomic mass is 10.2. The van der Waals surface area contributed by atoms with E-state index in [0.717, 1.165) is 18.7 Å². The molecule has 0 saturated heterocycles. The van der Waals surface area contributed by atoms with Crippen molar-refractivity contribution in [3.63, 3.8) is 0 Å². The minimum atomic E-state index is -4.42. The third kappa shape index (κ3) is 4.59. The molecular weight excluding hydrogens is 259 g/mol. The van der Waals surface area contributed by atoms with Gasteiger partial charge in [0.25, 0.3) is 0 Å². The number of alkyl halides is 3. The fraction of sp³-hybridized carbons (Fsp3) is 0.583. The number of nitrogens with two attached hydrogens (primary N) is 1. The van der Waals surface area contributed by atoms with E-state index in [9.17, 15) is 13.2 Å². The number of nitrogens with zero attached hydrogens (tertiary/aromatic N) is 1. The van der Waals surface area contributed by atoms with Crippen LogP contribution in [0.4, 0.5) is 24.8 Å². The van der Waals surface area contributed by atoms with Crippen molar-refractivity contribution in [2.24, 2.45) is 5.92 Å². The molecule has 0 unspecified atom stereocenters. The molecule has 1 aliphatic rings. The van der Waals surface area contributed by atoms with Crippen molar-refractivity contribution in [2.75, 3.05) is 30.8 Å². The summed E-state index contributed by atoms with van der Waals surface area (Å²) in [4.78, 5) is 3.80. The second-order valence-electron chi connectivity index (χ2n) is 4.61. The summed E-state index contributed by atoms with van der Waals surface area (Å²) in [5.74, 6) is 0.626. The average Bonchev–Trinajstić information content (AvgIpc) is 3.10. The summed E-state index contributed by atoms with van der Waals surface area (Å²) in [5.41, 5.74) is 4.55. The van der Waals surface area contributed by atoms with Gasteiger partial charge in [0.15, 0.2) is 0 Å². The third-order valence-electron chi connectivity index (χ3n) is 2.78. The Labute approximate surface area is 109 Å². The fourth-order valence-electron chi connectivity index (χ4n) is 1.59. The quantitative estimate of drug-likeness (QED) is 0.783. The third-order valence-corrected chi connectivity index (χ3v) is 2.78. The highest BCUT2D eigenvalue weighted by Gasteiger charge is 2.31. The Kier molecular flexibility index (Phi) is 4.14. The molecule has 1 aromatic rings. The van der Waals surface area contributed by atoms with Gasteiger partial charge in [0, 0.05) is 13.2 Å². The van der Waals surface area contributed by atoms with Gasteiger partial charge in [0.2, 0.25) is 0 Å². The molecule has 1 fully saturated rings. The van der Waals surface area contributed by atoms with E-state index in [1.54, 1.807) is 0 Å². The molecule has 0 atom stereocenters. The average molecular weight is 275 g/mol. The molecule has 2 rings (SSSR count). The standard InChI is InChI=1S/C12H16F3N3O/c13-12(14,15)9-5-10(16)18-11(6-9)17-3-4-19-7-8-1-2-8/h5-6,8H,1-4,7H2,(H3,16,17,18). The Bertz CT molecular complexity index is 433. The first kappa shape index (κ1) is 13.9. The predicted molar refractivity (Wildman–Crippen MR) is 65.7 cm³/mol. The number of pyridine rings is 1. The summed E-state index contributed by atoms with van der Waals surface area (Å²) in [5, 5.41) is 2.78. The van der Waals surface area contributed by atoms with Gasteiger partial charge in [-0.3, -0.25) is 0 Å². The first-order valence-corrected chi connectivity index (χ1v) is 6.11. The van der Waals surface area contributed by atoms with Gasteiger partial charge in [0.05, 0.1) is 12.2 Å². The van der Waals surface area contributed by atoms with Gasteiger partial charge in [0.1, 0.15) is 11.6 Å². The molecule has 0 amide bonds. The highest BCUT2D eigenvalue weighted by molar-refractivity contribution is 5.47. The van der Waals surface area contributed by atoms with Crippen LogP contribution in [0.25, 0.3) is 0 Å². The number of rotatable bonds is 6. The van der Waals surface area contributed by atoms with E-state index >= 15 is 0 Å². The van der Waals surface area contributed by atoms with Crippen LogP contribution in [-0.2, 0) is 10.9 Å². The summed E-state index contributed by atoms with van der Waals surface area (Å²) >= 11 is 0. The number of nitrogens with one attached hydrogen (secondary N) is 1. The van der Waals surface area contributed by atoms with Crippen molar-refractivity contribution in [3.8, 4) is 0 Å². The molecule has 1 heterocycles. The van der Waals surface area contributed by atoms with E-state index in [4.69, 9.17) is 10.5 Å². The zero-order valence-electron chi connectivity index (χ0n) is 10.3. The Balaban J connectivity index is 1.83. The minimum absolute atomic E-state index is 0.113. The molecule has 3 N–H and O–H groups in total. The van der Waals surface area contributed by atoms with E-state index in [2.05, 4.69) is 10.3 Å². The maximum absolute atomic E-state index is 12.6. The van der Waals surface area contributed by atoms with Crippen LogP contribution in [0.1, 0.15) is 18.4 Å². The zero-order chi connectivity index (χ0) is 13.9. The van der Waals surface area contributed by atoms with Crippen LogP contribution >= 0.6 is 0 Å². The van der Waals surface area contributed by atoms with Crippen molar-refractivity contribution < 1.29 is 17.9 Å². The van der Waals surface area contributed by atoms with Gasteiger partial charge >= 0.3 is 6.18 Å².